The van der Waals surface area contributed by atoms with Crippen LogP contribution in [0.4, 0.5) is 11.4 Å². The predicted octanol–water partition coefficient (Wildman–Crippen LogP) is 2.87. The Kier molecular flexibility index (Phi) is 4.30. The first kappa shape index (κ1) is 14.4. The molecule has 0 bridgehead atoms. The molecule has 3 nitrogen and oxygen atoms in total. The molecule has 0 saturated carbocycles. The van der Waals surface area contributed by atoms with Gasteiger partial charge in [-0.05, 0) is 35.4 Å². The second kappa shape index (κ2) is 5.97. The van der Waals surface area contributed by atoms with E-state index in [1.165, 1.54) is 11.4 Å². The van der Waals surface area contributed by atoms with Gasteiger partial charge in [-0.2, -0.15) is 0 Å². The molecular formula is C17H23N3. The van der Waals surface area contributed by atoms with Crippen molar-refractivity contribution in [2.45, 2.75) is 6.04 Å². The van der Waals surface area contributed by atoms with E-state index in [-0.39, 0.29) is 6.04 Å². The largest absolute Gasteiger partial charge is 0.378 e. The molecule has 2 aromatic rings. The molecular weight excluding hydrogens is 246 g/mol. The van der Waals surface area contributed by atoms with Crippen molar-refractivity contribution in [1.82, 2.24) is 0 Å². The molecule has 0 aliphatic carbocycles. The highest BCUT2D eigenvalue weighted by Gasteiger charge is 2.10. The molecule has 0 aliphatic heterocycles. The molecule has 106 valence electrons. The number of hydrogen-bond donors (Lipinski definition) is 1. The van der Waals surface area contributed by atoms with E-state index in [4.69, 9.17) is 5.73 Å². The minimum atomic E-state index is -0.0916. The van der Waals surface area contributed by atoms with Gasteiger partial charge >= 0.3 is 0 Å². The first-order chi connectivity index (χ1) is 9.49. The molecule has 0 saturated heterocycles. The van der Waals surface area contributed by atoms with Crippen molar-refractivity contribution in [2.75, 3.05) is 38.0 Å². The van der Waals surface area contributed by atoms with Crippen molar-refractivity contribution in [2.24, 2.45) is 5.73 Å². The molecule has 0 heterocycles. The van der Waals surface area contributed by atoms with E-state index in [1.54, 1.807) is 0 Å². The fourth-order valence-electron chi connectivity index (χ4n) is 2.17. The summed E-state index contributed by atoms with van der Waals surface area (Å²) in [4.78, 5) is 4.17. The fraction of sp³-hybridized carbons (Fsp3) is 0.294. The molecule has 0 aliphatic rings. The van der Waals surface area contributed by atoms with E-state index in [0.29, 0.717) is 0 Å². The summed E-state index contributed by atoms with van der Waals surface area (Å²) in [6.07, 6.45) is 0. The van der Waals surface area contributed by atoms with Gasteiger partial charge in [0.25, 0.3) is 0 Å². The maximum Gasteiger partial charge on any atom is 0.0552 e. The lowest BCUT2D eigenvalue weighted by Gasteiger charge is -2.18. The van der Waals surface area contributed by atoms with Crippen LogP contribution >= 0.6 is 0 Å². The van der Waals surface area contributed by atoms with E-state index in [0.717, 1.165) is 11.1 Å². The maximum absolute atomic E-state index is 6.38. The van der Waals surface area contributed by atoms with E-state index in [2.05, 4.69) is 58.3 Å². The third kappa shape index (κ3) is 3.11. The summed E-state index contributed by atoms with van der Waals surface area (Å²) in [5, 5.41) is 0. The van der Waals surface area contributed by atoms with Crippen molar-refractivity contribution in [3.05, 3.63) is 59.7 Å². The second-order valence-corrected chi connectivity index (χ2v) is 5.45. The molecule has 1 unspecified atom stereocenters. The topological polar surface area (TPSA) is 32.5 Å². The Morgan fingerprint density at radius 2 is 1.35 bits per heavy atom. The average Bonchev–Trinajstić information content (AvgIpc) is 2.46. The number of nitrogens with zero attached hydrogens (tertiary/aromatic N) is 2. The normalized spacial score (nSPS) is 12.1. The Morgan fingerprint density at radius 3 is 1.90 bits per heavy atom. The smallest absolute Gasteiger partial charge is 0.0552 e. The number of benzene rings is 2. The van der Waals surface area contributed by atoms with Gasteiger partial charge in [0.05, 0.1) is 6.04 Å². The maximum atomic E-state index is 6.38. The molecule has 0 amide bonds. The third-order valence-electron chi connectivity index (χ3n) is 3.51. The minimum Gasteiger partial charge on any atom is -0.378 e. The lowest BCUT2D eigenvalue weighted by atomic mass is 9.99. The first-order valence-electron chi connectivity index (χ1n) is 6.79. The second-order valence-electron chi connectivity index (χ2n) is 5.45. The van der Waals surface area contributed by atoms with Crippen LogP contribution in [-0.4, -0.2) is 28.2 Å². The zero-order valence-electron chi connectivity index (χ0n) is 12.7. The zero-order valence-corrected chi connectivity index (χ0v) is 12.7. The monoisotopic (exact) mass is 269 g/mol. The van der Waals surface area contributed by atoms with Crippen LogP contribution in [0.2, 0.25) is 0 Å². The summed E-state index contributed by atoms with van der Waals surface area (Å²) < 4.78 is 0. The Hall–Kier alpha value is -2.00. The van der Waals surface area contributed by atoms with Crippen LogP contribution in [0.3, 0.4) is 0 Å². The predicted molar refractivity (Wildman–Crippen MR) is 87.6 cm³/mol. The Morgan fingerprint density at radius 1 is 0.750 bits per heavy atom. The highest BCUT2D eigenvalue weighted by Crippen LogP contribution is 2.24. The average molecular weight is 269 g/mol. The molecule has 20 heavy (non-hydrogen) atoms. The van der Waals surface area contributed by atoms with Gasteiger partial charge in [-0.3, -0.25) is 0 Å². The third-order valence-corrected chi connectivity index (χ3v) is 3.51. The van der Waals surface area contributed by atoms with Crippen molar-refractivity contribution in [1.29, 1.82) is 0 Å². The Bertz CT molecular complexity index is 559. The van der Waals surface area contributed by atoms with E-state index in [9.17, 15) is 0 Å². The summed E-state index contributed by atoms with van der Waals surface area (Å²) in [5.41, 5.74) is 11.0. The van der Waals surface area contributed by atoms with Crippen molar-refractivity contribution >= 4 is 11.4 Å². The fourth-order valence-corrected chi connectivity index (χ4v) is 2.17. The van der Waals surface area contributed by atoms with E-state index < -0.39 is 0 Å². The van der Waals surface area contributed by atoms with Gasteiger partial charge in [0, 0.05) is 39.6 Å². The zero-order chi connectivity index (χ0) is 14.7. The van der Waals surface area contributed by atoms with Crippen LogP contribution in [-0.2, 0) is 0 Å². The van der Waals surface area contributed by atoms with Crippen LogP contribution in [0.5, 0.6) is 0 Å². The number of nitrogens with two attached hydrogens (primary N) is 1. The molecule has 0 fully saturated rings. The molecule has 2 aromatic carbocycles. The van der Waals surface area contributed by atoms with Gasteiger partial charge in [0.15, 0.2) is 0 Å². The van der Waals surface area contributed by atoms with Crippen LogP contribution in [0, 0.1) is 0 Å². The summed E-state index contributed by atoms with van der Waals surface area (Å²) in [5.74, 6) is 0. The van der Waals surface area contributed by atoms with Gasteiger partial charge in [-0.1, -0.05) is 24.3 Å². The Labute approximate surface area is 121 Å². The molecule has 2 rings (SSSR count). The quantitative estimate of drug-likeness (QED) is 0.926. The van der Waals surface area contributed by atoms with E-state index >= 15 is 0 Å². The summed E-state index contributed by atoms with van der Waals surface area (Å²) in [6.45, 7) is 0. The minimum absolute atomic E-state index is 0.0916. The SMILES string of the molecule is CN(C)c1ccc(C(N)c2cccc(N(C)C)c2)cc1. The summed E-state index contributed by atoms with van der Waals surface area (Å²) in [6, 6.07) is 16.7. The number of anilines is 2. The lowest BCUT2D eigenvalue weighted by molar-refractivity contribution is 0.869. The van der Waals surface area contributed by atoms with Gasteiger partial charge in [-0.15, -0.1) is 0 Å². The van der Waals surface area contributed by atoms with Crippen molar-refractivity contribution in [3.8, 4) is 0 Å². The summed E-state index contributed by atoms with van der Waals surface area (Å²) in [7, 11) is 8.15. The van der Waals surface area contributed by atoms with Crippen molar-refractivity contribution in [3.63, 3.8) is 0 Å². The molecule has 3 heteroatoms. The van der Waals surface area contributed by atoms with Crippen LogP contribution < -0.4 is 15.5 Å². The van der Waals surface area contributed by atoms with Crippen molar-refractivity contribution < 1.29 is 0 Å². The van der Waals surface area contributed by atoms with Crippen LogP contribution in [0.25, 0.3) is 0 Å². The lowest BCUT2D eigenvalue weighted by Crippen LogP contribution is -2.14. The highest BCUT2D eigenvalue weighted by atomic mass is 15.1. The first-order valence-corrected chi connectivity index (χ1v) is 6.79. The van der Waals surface area contributed by atoms with Crippen LogP contribution in [0.15, 0.2) is 48.5 Å². The van der Waals surface area contributed by atoms with Gasteiger partial charge in [-0.25, -0.2) is 0 Å². The molecule has 0 radical (unpaired) electrons. The van der Waals surface area contributed by atoms with E-state index in [1.807, 2.05) is 28.2 Å². The standard InChI is InChI=1S/C17H23N3/c1-19(2)15-10-8-13(9-11-15)17(18)14-6-5-7-16(12-14)20(3)4/h5-12,17H,18H2,1-4H3. The molecule has 0 spiro atoms. The number of hydrogen-bond acceptors (Lipinski definition) is 3. The molecule has 0 aromatic heterocycles. The number of rotatable bonds is 4. The van der Waals surface area contributed by atoms with Crippen LogP contribution in [0.1, 0.15) is 17.2 Å². The summed E-state index contributed by atoms with van der Waals surface area (Å²) >= 11 is 0. The Balaban J connectivity index is 2.26. The molecule has 1 atom stereocenters. The van der Waals surface area contributed by atoms with Gasteiger partial charge in [0.2, 0.25) is 0 Å². The highest BCUT2D eigenvalue weighted by molar-refractivity contribution is 5.51. The van der Waals surface area contributed by atoms with Gasteiger partial charge in [0.1, 0.15) is 0 Å². The molecule has 2 N–H and O–H groups in total. The van der Waals surface area contributed by atoms with Gasteiger partial charge < -0.3 is 15.5 Å².